The fourth-order valence-electron chi connectivity index (χ4n) is 0.981. The summed E-state index contributed by atoms with van der Waals surface area (Å²) in [4.78, 5) is 0. The molecule has 3 nitrogen and oxygen atoms in total. The van der Waals surface area contributed by atoms with Crippen LogP contribution in [0.4, 0.5) is 4.39 Å². The first-order valence-electron chi connectivity index (χ1n) is 3.70. The van der Waals surface area contributed by atoms with Gasteiger partial charge in [0.2, 0.25) is 0 Å². The molecule has 1 atom stereocenters. The lowest BCUT2D eigenvalue weighted by molar-refractivity contribution is 0.451. The van der Waals surface area contributed by atoms with Gasteiger partial charge in [0.25, 0.3) is 0 Å². The van der Waals surface area contributed by atoms with E-state index in [1.807, 2.05) is 0 Å². The molecule has 0 saturated carbocycles. The maximum atomic E-state index is 12.8. The zero-order valence-electron chi connectivity index (χ0n) is 6.80. The van der Waals surface area contributed by atoms with Gasteiger partial charge < -0.3 is 16.6 Å². The minimum absolute atomic E-state index is 0.0221. The highest BCUT2D eigenvalue weighted by atomic mass is 79.9. The van der Waals surface area contributed by atoms with E-state index in [-0.39, 0.29) is 16.8 Å². The van der Waals surface area contributed by atoms with Crippen molar-refractivity contribution in [2.75, 3.05) is 6.54 Å². The van der Waals surface area contributed by atoms with Crippen LogP contribution >= 0.6 is 15.9 Å². The van der Waals surface area contributed by atoms with Crippen molar-refractivity contribution >= 4 is 15.9 Å². The first-order valence-corrected chi connectivity index (χ1v) is 4.49. The predicted molar refractivity (Wildman–Crippen MR) is 51.7 cm³/mol. The molecule has 0 saturated heterocycles. The van der Waals surface area contributed by atoms with Crippen LogP contribution in [-0.2, 0) is 0 Å². The lowest BCUT2D eigenvalue weighted by Crippen LogP contribution is -2.20. The van der Waals surface area contributed by atoms with E-state index in [4.69, 9.17) is 11.5 Å². The Balaban J connectivity index is 3.18. The van der Waals surface area contributed by atoms with Gasteiger partial charge in [-0.3, -0.25) is 0 Å². The highest BCUT2D eigenvalue weighted by Gasteiger charge is 2.14. The third kappa shape index (κ3) is 1.99. The second-order valence-corrected chi connectivity index (χ2v) is 3.43. The molecule has 1 rings (SSSR count). The van der Waals surface area contributed by atoms with E-state index in [2.05, 4.69) is 15.9 Å². The highest BCUT2D eigenvalue weighted by Crippen LogP contribution is 2.32. The smallest absolute Gasteiger partial charge is 0.141 e. The third-order valence-electron chi connectivity index (χ3n) is 1.75. The van der Waals surface area contributed by atoms with Crippen molar-refractivity contribution in [2.24, 2.45) is 11.5 Å². The Labute approximate surface area is 83.7 Å². The van der Waals surface area contributed by atoms with Gasteiger partial charge in [-0.1, -0.05) is 6.07 Å². The first kappa shape index (κ1) is 10.4. The van der Waals surface area contributed by atoms with Crippen molar-refractivity contribution in [3.8, 4) is 5.75 Å². The lowest BCUT2D eigenvalue weighted by atomic mass is 10.1. The molecule has 0 fully saturated rings. The standard InChI is InChI=1S/C8H10BrFN2O/c9-7-5(10)2-1-4(8(7)13)6(12)3-11/h1-2,6,13H,3,11-12H2. The fourth-order valence-corrected chi connectivity index (χ4v) is 1.34. The molecule has 1 aromatic rings. The van der Waals surface area contributed by atoms with Gasteiger partial charge in [0, 0.05) is 18.2 Å². The maximum absolute atomic E-state index is 12.8. The monoisotopic (exact) mass is 248 g/mol. The molecule has 0 amide bonds. The number of benzene rings is 1. The Hall–Kier alpha value is -0.650. The summed E-state index contributed by atoms with van der Waals surface area (Å²) in [5, 5.41) is 9.46. The molecule has 5 N–H and O–H groups in total. The summed E-state index contributed by atoms with van der Waals surface area (Å²) in [6, 6.07) is 2.18. The van der Waals surface area contributed by atoms with E-state index < -0.39 is 11.9 Å². The topological polar surface area (TPSA) is 72.3 Å². The number of aromatic hydroxyl groups is 1. The van der Waals surface area contributed by atoms with Gasteiger partial charge in [0.15, 0.2) is 0 Å². The van der Waals surface area contributed by atoms with E-state index in [9.17, 15) is 9.50 Å². The van der Waals surface area contributed by atoms with E-state index in [0.717, 1.165) is 0 Å². The summed E-state index contributed by atoms with van der Waals surface area (Å²) in [7, 11) is 0. The maximum Gasteiger partial charge on any atom is 0.141 e. The average molecular weight is 249 g/mol. The van der Waals surface area contributed by atoms with Crippen LogP contribution in [0.5, 0.6) is 5.75 Å². The third-order valence-corrected chi connectivity index (χ3v) is 2.51. The summed E-state index contributed by atoms with van der Waals surface area (Å²) in [6.45, 7) is 0.200. The first-order chi connectivity index (χ1) is 6.07. The quantitative estimate of drug-likeness (QED) is 0.738. The van der Waals surface area contributed by atoms with Crippen LogP contribution in [0.15, 0.2) is 16.6 Å². The molecule has 0 spiro atoms. The van der Waals surface area contributed by atoms with E-state index in [0.29, 0.717) is 5.56 Å². The summed E-state index contributed by atoms with van der Waals surface area (Å²) in [5.41, 5.74) is 11.3. The van der Waals surface area contributed by atoms with E-state index >= 15 is 0 Å². The van der Waals surface area contributed by atoms with Crippen LogP contribution in [-0.4, -0.2) is 11.7 Å². The molecule has 72 valence electrons. The number of phenols is 1. The number of phenolic OH excluding ortho intramolecular Hbond substituents is 1. The minimum Gasteiger partial charge on any atom is -0.506 e. The highest BCUT2D eigenvalue weighted by molar-refractivity contribution is 9.10. The lowest BCUT2D eigenvalue weighted by Gasteiger charge is -2.12. The van der Waals surface area contributed by atoms with E-state index in [1.165, 1.54) is 12.1 Å². The van der Waals surface area contributed by atoms with Crippen molar-refractivity contribution in [3.05, 3.63) is 28.0 Å². The zero-order valence-corrected chi connectivity index (χ0v) is 8.38. The molecule has 1 unspecified atom stereocenters. The Morgan fingerprint density at radius 2 is 2.15 bits per heavy atom. The molecule has 0 radical (unpaired) electrons. The van der Waals surface area contributed by atoms with Crippen LogP contribution in [0.25, 0.3) is 0 Å². The van der Waals surface area contributed by atoms with Gasteiger partial charge in [-0.25, -0.2) is 4.39 Å². The number of hydrogen-bond donors (Lipinski definition) is 3. The second kappa shape index (κ2) is 4.04. The summed E-state index contributed by atoms with van der Waals surface area (Å²) >= 11 is 2.91. The van der Waals surface area contributed by atoms with E-state index in [1.54, 1.807) is 0 Å². The normalized spacial score (nSPS) is 12.9. The number of halogens is 2. The predicted octanol–water partition coefficient (Wildman–Crippen LogP) is 1.25. The minimum atomic E-state index is -0.523. The van der Waals surface area contributed by atoms with Crippen LogP contribution < -0.4 is 11.5 Å². The molecular formula is C8H10BrFN2O. The molecule has 13 heavy (non-hydrogen) atoms. The molecule has 5 heteroatoms. The van der Waals surface area contributed by atoms with Gasteiger partial charge >= 0.3 is 0 Å². The van der Waals surface area contributed by atoms with Crippen molar-refractivity contribution in [1.82, 2.24) is 0 Å². The number of rotatable bonds is 2. The van der Waals surface area contributed by atoms with Gasteiger partial charge in [-0.15, -0.1) is 0 Å². The Morgan fingerprint density at radius 1 is 1.54 bits per heavy atom. The van der Waals surface area contributed by atoms with Gasteiger partial charge in [-0.2, -0.15) is 0 Å². The van der Waals surface area contributed by atoms with Crippen molar-refractivity contribution in [1.29, 1.82) is 0 Å². The fraction of sp³-hybridized carbons (Fsp3) is 0.250. The molecular weight excluding hydrogens is 239 g/mol. The SMILES string of the molecule is NCC(N)c1ccc(F)c(Br)c1O. The van der Waals surface area contributed by atoms with Crippen molar-refractivity contribution < 1.29 is 9.50 Å². The molecule has 0 aliphatic rings. The molecule has 0 aliphatic carbocycles. The van der Waals surface area contributed by atoms with Crippen molar-refractivity contribution in [3.63, 3.8) is 0 Å². The zero-order chi connectivity index (χ0) is 10.0. The summed E-state index contributed by atoms with van der Waals surface area (Å²) < 4.78 is 12.9. The van der Waals surface area contributed by atoms with Crippen LogP contribution in [0.3, 0.4) is 0 Å². The molecule has 1 aromatic carbocycles. The molecule has 0 bridgehead atoms. The molecule has 0 aromatic heterocycles. The largest absolute Gasteiger partial charge is 0.506 e. The average Bonchev–Trinajstić information content (AvgIpc) is 2.13. The Kier molecular flexibility index (Phi) is 3.24. The molecule has 0 aliphatic heterocycles. The summed E-state index contributed by atoms with van der Waals surface area (Å²) in [6.07, 6.45) is 0. The van der Waals surface area contributed by atoms with Crippen LogP contribution in [0, 0.1) is 5.82 Å². The second-order valence-electron chi connectivity index (χ2n) is 2.64. The van der Waals surface area contributed by atoms with Gasteiger partial charge in [-0.05, 0) is 22.0 Å². The van der Waals surface area contributed by atoms with Crippen molar-refractivity contribution in [2.45, 2.75) is 6.04 Å². The Morgan fingerprint density at radius 3 is 2.69 bits per heavy atom. The number of hydrogen-bond acceptors (Lipinski definition) is 3. The van der Waals surface area contributed by atoms with Crippen LogP contribution in [0.1, 0.15) is 11.6 Å². The van der Waals surface area contributed by atoms with Gasteiger partial charge in [0.05, 0.1) is 4.47 Å². The number of nitrogens with two attached hydrogens (primary N) is 2. The Bertz CT molecular complexity index is 319. The summed E-state index contributed by atoms with van der Waals surface area (Å²) in [5.74, 6) is -0.705. The van der Waals surface area contributed by atoms with Gasteiger partial charge in [0.1, 0.15) is 11.6 Å². The molecule has 0 heterocycles. The van der Waals surface area contributed by atoms with Crippen LogP contribution in [0.2, 0.25) is 0 Å².